The summed E-state index contributed by atoms with van der Waals surface area (Å²) in [5.74, 6) is 0.792. The van der Waals surface area contributed by atoms with E-state index in [9.17, 15) is 0 Å². The van der Waals surface area contributed by atoms with Crippen molar-refractivity contribution in [1.82, 2.24) is 9.97 Å². The summed E-state index contributed by atoms with van der Waals surface area (Å²) in [6.07, 6.45) is 1.44. The Hall–Kier alpha value is -1.11. The first kappa shape index (κ1) is 12.0. The number of halogens is 1. The molecule has 1 rings (SSSR count). The van der Waals surface area contributed by atoms with Gasteiger partial charge in [-0.25, -0.2) is 4.98 Å². The Bertz CT molecular complexity index is 320. The molecule has 0 amide bonds. The van der Waals surface area contributed by atoms with E-state index in [1.807, 2.05) is 0 Å². The summed E-state index contributed by atoms with van der Waals surface area (Å²) >= 11 is 5.83. The van der Waals surface area contributed by atoms with Crippen molar-refractivity contribution in [2.75, 3.05) is 30.9 Å². The molecule has 1 aromatic rings. The van der Waals surface area contributed by atoms with Gasteiger partial charge in [0.25, 0.3) is 0 Å². The van der Waals surface area contributed by atoms with Gasteiger partial charge in [0, 0.05) is 7.05 Å². The molecule has 0 unspecified atom stereocenters. The third-order valence-electron chi connectivity index (χ3n) is 1.75. The van der Waals surface area contributed by atoms with Crippen LogP contribution in [0.1, 0.15) is 0 Å². The number of aliphatic hydroxyl groups is 2. The van der Waals surface area contributed by atoms with Gasteiger partial charge in [-0.3, -0.25) is 0 Å². The quantitative estimate of drug-likeness (QED) is 0.569. The molecule has 0 spiro atoms. The van der Waals surface area contributed by atoms with Crippen LogP contribution in [0.25, 0.3) is 0 Å². The molecule has 0 aromatic carbocycles. The van der Waals surface area contributed by atoms with Gasteiger partial charge in [0.15, 0.2) is 5.82 Å². The van der Waals surface area contributed by atoms with Crippen molar-refractivity contribution >= 4 is 23.4 Å². The first-order valence-corrected chi connectivity index (χ1v) is 4.77. The topological polar surface area (TPSA) is 90.3 Å². The number of anilines is 2. The molecule has 15 heavy (non-hydrogen) atoms. The second-order valence-electron chi connectivity index (χ2n) is 2.85. The van der Waals surface area contributed by atoms with Crippen LogP contribution in [-0.4, -0.2) is 46.5 Å². The van der Waals surface area contributed by atoms with Crippen molar-refractivity contribution < 1.29 is 10.2 Å². The minimum atomic E-state index is -0.484. The minimum absolute atomic E-state index is 0.203. The summed E-state index contributed by atoms with van der Waals surface area (Å²) in [7, 11) is 1.68. The van der Waals surface area contributed by atoms with E-state index in [0.717, 1.165) is 0 Å². The van der Waals surface area contributed by atoms with Crippen LogP contribution in [0.2, 0.25) is 5.02 Å². The number of rotatable bonds is 5. The fourth-order valence-corrected chi connectivity index (χ4v) is 1.08. The summed E-state index contributed by atoms with van der Waals surface area (Å²) in [4.78, 5) is 7.94. The molecule has 7 heteroatoms. The van der Waals surface area contributed by atoms with E-state index in [-0.39, 0.29) is 13.2 Å². The lowest BCUT2D eigenvalue weighted by molar-refractivity contribution is 0.203. The van der Waals surface area contributed by atoms with E-state index >= 15 is 0 Å². The molecule has 0 radical (unpaired) electrons. The Morgan fingerprint density at radius 3 is 2.67 bits per heavy atom. The van der Waals surface area contributed by atoms with Crippen LogP contribution in [0, 0.1) is 0 Å². The van der Waals surface area contributed by atoms with Gasteiger partial charge in [-0.1, -0.05) is 11.6 Å². The lowest BCUT2D eigenvalue weighted by atomic mass is 10.3. The summed E-state index contributed by atoms with van der Waals surface area (Å²) in [6, 6.07) is -0.484. The van der Waals surface area contributed by atoms with Crippen molar-refractivity contribution in [1.29, 1.82) is 0 Å². The SMILES string of the molecule is CNc1ncc(Cl)c(NC(CO)CO)n1. The predicted molar refractivity (Wildman–Crippen MR) is 58.2 cm³/mol. The van der Waals surface area contributed by atoms with Crippen LogP contribution in [0.15, 0.2) is 6.20 Å². The largest absolute Gasteiger partial charge is 0.394 e. The predicted octanol–water partition coefficient (Wildman–Crippen LogP) is -0.0632. The van der Waals surface area contributed by atoms with Crippen LogP contribution in [0.3, 0.4) is 0 Å². The molecule has 6 nitrogen and oxygen atoms in total. The van der Waals surface area contributed by atoms with Crippen molar-refractivity contribution in [2.45, 2.75) is 6.04 Å². The second-order valence-corrected chi connectivity index (χ2v) is 3.25. The zero-order valence-electron chi connectivity index (χ0n) is 8.24. The van der Waals surface area contributed by atoms with Crippen LogP contribution >= 0.6 is 11.6 Å². The zero-order valence-corrected chi connectivity index (χ0v) is 8.99. The zero-order chi connectivity index (χ0) is 11.3. The first-order chi connectivity index (χ1) is 7.21. The second kappa shape index (κ2) is 5.69. The molecular formula is C8H13ClN4O2. The van der Waals surface area contributed by atoms with Crippen LogP contribution in [0.5, 0.6) is 0 Å². The molecule has 84 valence electrons. The first-order valence-electron chi connectivity index (χ1n) is 4.39. The van der Waals surface area contributed by atoms with E-state index in [1.165, 1.54) is 6.20 Å². The number of hydrogen-bond donors (Lipinski definition) is 4. The van der Waals surface area contributed by atoms with Crippen molar-refractivity contribution in [3.05, 3.63) is 11.2 Å². The smallest absolute Gasteiger partial charge is 0.224 e. The minimum Gasteiger partial charge on any atom is -0.394 e. The number of hydrogen-bond acceptors (Lipinski definition) is 6. The monoisotopic (exact) mass is 232 g/mol. The Morgan fingerprint density at radius 1 is 1.47 bits per heavy atom. The van der Waals surface area contributed by atoms with Gasteiger partial charge >= 0.3 is 0 Å². The summed E-state index contributed by atoms with van der Waals surface area (Å²) in [6.45, 7) is -0.405. The highest BCUT2D eigenvalue weighted by Gasteiger charge is 2.10. The lowest BCUT2D eigenvalue weighted by Gasteiger charge is -2.15. The molecule has 0 fully saturated rings. The number of nitrogens with one attached hydrogen (secondary N) is 2. The third-order valence-corrected chi connectivity index (χ3v) is 2.03. The number of aliphatic hydroxyl groups excluding tert-OH is 2. The summed E-state index contributed by atoms with van der Waals surface area (Å²) in [5, 5.41) is 23.7. The Balaban J connectivity index is 2.82. The maximum Gasteiger partial charge on any atom is 0.224 e. The van der Waals surface area contributed by atoms with Crippen LogP contribution < -0.4 is 10.6 Å². The molecule has 0 bridgehead atoms. The Kier molecular flexibility index (Phi) is 4.54. The van der Waals surface area contributed by atoms with Gasteiger partial charge in [0.1, 0.15) is 5.02 Å². The highest BCUT2D eigenvalue weighted by Crippen LogP contribution is 2.19. The van der Waals surface area contributed by atoms with E-state index in [2.05, 4.69) is 20.6 Å². The molecular weight excluding hydrogens is 220 g/mol. The molecule has 0 aliphatic heterocycles. The molecule has 0 atom stereocenters. The fourth-order valence-electron chi connectivity index (χ4n) is 0.931. The van der Waals surface area contributed by atoms with E-state index in [0.29, 0.717) is 16.8 Å². The van der Waals surface area contributed by atoms with Crippen molar-refractivity contribution in [2.24, 2.45) is 0 Å². The van der Waals surface area contributed by atoms with Crippen molar-refractivity contribution in [3.8, 4) is 0 Å². The average Bonchev–Trinajstić information content (AvgIpc) is 2.28. The standard InChI is InChI=1S/C8H13ClN4O2/c1-10-8-11-2-6(9)7(13-8)12-5(3-14)4-15/h2,5,14-15H,3-4H2,1H3,(H2,10,11,12,13). The summed E-state index contributed by atoms with van der Waals surface area (Å²) in [5.41, 5.74) is 0. The average molecular weight is 233 g/mol. The molecule has 1 heterocycles. The third kappa shape index (κ3) is 3.19. The maximum absolute atomic E-state index is 8.88. The molecule has 0 aliphatic rings. The Labute approximate surface area is 92.3 Å². The van der Waals surface area contributed by atoms with Gasteiger partial charge in [0.05, 0.1) is 25.5 Å². The van der Waals surface area contributed by atoms with Gasteiger partial charge in [-0.2, -0.15) is 4.98 Å². The van der Waals surface area contributed by atoms with E-state index < -0.39 is 6.04 Å². The van der Waals surface area contributed by atoms with Crippen LogP contribution in [-0.2, 0) is 0 Å². The lowest BCUT2D eigenvalue weighted by Crippen LogP contribution is -2.28. The van der Waals surface area contributed by atoms with E-state index in [4.69, 9.17) is 21.8 Å². The molecule has 4 N–H and O–H groups in total. The van der Waals surface area contributed by atoms with Gasteiger partial charge in [-0.15, -0.1) is 0 Å². The van der Waals surface area contributed by atoms with Crippen LogP contribution in [0.4, 0.5) is 11.8 Å². The van der Waals surface area contributed by atoms with Crippen molar-refractivity contribution in [3.63, 3.8) is 0 Å². The highest BCUT2D eigenvalue weighted by atomic mass is 35.5. The highest BCUT2D eigenvalue weighted by molar-refractivity contribution is 6.32. The molecule has 0 saturated carbocycles. The summed E-state index contributed by atoms with van der Waals surface area (Å²) < 4.78 is 0. The Morgan fingerprint density at radius 2 is 2.13 bits per heavy atom. The van der Waals surface area contributed by atoms with Gasteiger partial charge in [-0.05, 0) is 0 Å². The van der Waals surface area contributed by atoms with Gasteiger partial charge in [0.2, 0.25) is 5.95 Å². The fraction of sp³-hybridized carbons (Fsp3) is 0.500. The molecule has 0 saturated heterocycles. The normalized spacial score (nSPS) is 10.5. The maximum atomic E-state index is 8.88. The molecule has 1 aromatic heterocycles. The number of nitrogens with zero attached hydrogens (tertiary/aromatic N) is 2. The number of aromatic nitrogens is 2. The molecule has 0 aliphatic carbocycles. The van der Waals surface area contributed by atoms with Gasteiger partial charge < -0.3 is 20.8 Å². The van der Waals surface area contributed by atoms with E-state index in [1.54, 1.807) is 7.05 Å².